The third-order valence-electron chi connectivity index (χ3n) is 2.76. The molecule has 0 radical (unpaired) electrons. The van der Waals surface area contributed by atoms with E-state index < -0.39 is 0 Å². The third-order valence-corrected chi connectivity index (χ3v) is 2.76. The van der Waals surface area contributed by atoms with E-state index >= 15 is 0 Å². The van der Waals surface area contributed by atoms with Crippen LogP contribution in [0, 0.1) is 0 Å². The van der Waals surface area contributed by atoms with Crippen molar-refractivity contribution in [1.29, 1.82) is 0 Å². The summed E-state index contributed by atoms with van der Waals surface area (Å²) in [4.78, 5) is 2.11. The zero-order valence-corrected chi connectivity index (χ0v) is 11.7. The summed E-state index contributed by atoms with van der Waals surface area (Å²) < 4.78 is 3.80. The van der Waals surface area contributed by atoms with Crippen LogP contribution in [0.2, 0.25) is 0 Å². The Morgan fingerprint density at radius 2 is 2.26 bits per heavy atom. The topological polar surface area (TPSA) is 61.6 Å². The Morgan fingerprint density at radius 3 is 2.95 bits per heavy atom. The van der Waals surface area contributed by atoms with Gasteiger partial charge in [0.05, 0.1) is 33.2 Å². The van der Waals surface area contributed by atoms with Gasteiger partial charge in [0, 0.05) is 6.20 Å². The highest BCUT2D eigenvalue weighted by molar-refractivity contribution is 5.80. The zero-order chi connectivity index (χ0) is 13.8. The van der Waals surface area contributed by atoms with Crippen molar-refractivity contribution >= 4 is 23.4 Å². The van der Waals surface area contributed by atoms with Crippen molar-refractivity contribution in [2.24, 2.45) is 0 Å². The van der Waals surface area contributed by atoms with Gasteiger partial charge in [-0.25, -0.2) is 4.52 Å². The van der Waals surface area contributed by atoms with Crippen molar-refractivity contribution in [2.45, 2.75) is 0 Å². The van der Waals surface area contributed by atoms with Crippen LogP contribution in [0.3, 0.4) is 0 Å². The highest BCUT2D eigenvalue weighted by atomic mass is 15.3. The van der Waals surface area contributed by atoms with Crippen LogP contribution in [0.15, 0.2) is 24.4 Å². The van der Waals surface area contributed by atoms with Gasteiger partial charge in [-0.15, -0.1) is 5.10 Å². The largest absolute Gasteiger partial charge is 0.394 e. The molecule has 2 aromatic rings. The molecule has 0 aliphatic rings. The molecule has 0 aliphatic heterocycles. The highest BCUT2D eigenvalue weighted by Crippen LogP contribution is 2.21. The van der Waals surface area contributed by atoms with E-state index in [1.807, 2.05) is 56.5 Å². The van der Waals surface area contributed by atoms with Gasteiger partial charge in [0.2, 0.25) is 6.34 Å². The lowest BCUT2D eigenvalue weighted by Gasteiger charge is -2.08. The van der Waals surface area contributed by atoms with Crippen LogP contribution in [0.5, 0.6) is 0 Å². The average molecular weight is 261 g/mol. The standard InChI is InChI=1S/C13H21N6/c1-17(2)10-18(3)9-7-15-13-12(14)11-6-4-5-8-19(11)16-13/h4-6,8,10H,7,9,14H2,1-3H3,(H,15,16)/q+1. The normalized spacial score (nSPS) is 10.5. The summed E-state index contributed by atoms with van der Waals surface area (Å²) in [6, 6.07) is 5.85. The van der Waals surface area contributed by atoms with Gasteiger partial charge in [-0.1, -0.05) is 6.07 Å². The minimum atomic E-state index is 0.694. The number of fused-ring (bicyclic) bond motifs is 1. The van der Waals surface area contributed by atoms with Gasteiger partial charge in [0.1, 0.15) is 12.2 Å². The molecule has 6 heteroatoms. The minimum Gasteiger partial charge on any atom is -0.394 e. The molecule has 0 aliphatic carbocycles. The summed E-state index contributed by atoms with van der Waals surface area (Å²) in [5.74, 6) is 0.740. The Bertz CT molecular complexity index is 582. The van der Waals surface area contributed by atoms with Gasteiger partial charge < -0.3 is 11.1 Å². The minimum absolute atomic E-state index is 0.694. The number of aromatic nitrogens is 2. The van der Waals surface area contributed by atoms with Crippen LogP contribution >= 0.6 is 0 Å². The molecule has 102 valence electrons. The first-order valence-electron chi connectivity index (χ1n) is 6.26. The predicted molar refractivity (Wildman–Crippen MR) is 78.9 cm³/mol. The van der Waals surface area contributed by atoms with Crippen LogP contribution in [-0.4, -0.2) is 59.7 Å². The number of nitrogen functional groups attached to an aromatic ring is 1. The molecule has 0 saturated heterocycles. The lowest BCUT2D eigenvalue weighted by molar-refractivity contribution is -0.464. The molecule has 19 heavy (non-hydrogen) atoms. The molecule has 2 aromatic heterocycles. The predicted octanol–water partition coefficient (Wildman–Crippen LogP) is 0.561. The number of anilines is 2. The molecule has 2 rings (SSSR count). The first kappa shape index (κ1) is 13.2. The number of rotatable bonds is 5. The Hall–Kier alpha value is -2.24. The van der Waals surface area contributed by atoms with Crippen LogP contribution in [-0.2, 0) is 0 Å². The van der Waals surface area contributed by atoms with Gasteiger partial charge in [-0.2, -0.15) is 0 Å². The summed E-state index contributed by atoms with van der Waals surface area (Å²) in [6.07, 6.45) is 3.93. The molecule has 0 amide bonds. The molecule has 2 heterocycles. The number of nitrogens with zero attached hydrogens (tertiary/aromatic N) is 4. The van der Waals surface area contributed by atoms with Crippen molar-refractivity contribution in [1.82, 2.24) is 14.5 Å². The maximum atomic E-state index is 6.06. The zero-order valence-electron chi connectivity index (χ0n) is 11.7. The van der Waals surface area contributed by atoms with E-state index in [-0.39, 0.29) is 0 Å². The molecule has 0 fully saturated rings. The summed E-state index contributed by atoms with van der Waals surface area (Å²) in [6.45, 7) is 1.67. The van der Waals surface area contributed by atoms with E-state index in [9.17, 15) is 0 Å². The van der Waals surface area contributed by atoms with Gasteiger partial charge >= 0.3 is 0 Å². The summed E-state index contributed by atoms with van der Waals surface area (Å²) >= 11 is 0. The van der Waals surface area contributed by atoms with Gasteiger partial charge in [-0.05, 0) is 12.1 Å². The number of hydrogen-bond acceptors (Lipinski definition) is 3. The fourth-order valence-corrected chi connectivity index (χ4v) is 1.95. The van der Waals surface area contributed by atoms with Crippen molar-refractivity contribution in [2.75, 3.05) is 45.3 Å². The van der Waals surface area contributed by atoms with E-state index in [2.05, 4.69) is 15.3 Å². The number of nitrogens with one attached hydrogen (secondary N) is 1. The molecule has 0 spiro atoms. The first-order valence-corrected chi connectivity index (χ1v) is 6.26. The van der Waals surface area contributed by atoms with E-state index in [1.54, 1.807) is 4.52 Å². The van der Waals surface area contributed by atoms with E-state index in [0.29, 0.717) is 5.69 Å². The van der Waals surface area contributed by atoms with E-state index in [0.717, 1.165) is 24.4 Å². The van der Waals surface area contributed by atoms with Crippen LogP contribution in [0.1, 0.15) is 0 Å². The second kappa shape index (κ2) is 5.60. The SMILES string of the molecule is CN(C=[N+](C)C)CCNc1nn2ccccc2c1N. The molecule has 0 unspecified atom stereocenters. The Morgan fingerprint density at radius 1 is 1.47 bits per heavy atom. The second-order valence-corrected chi connectivity index (χ2v) is 4.78. The number of hydrogen-bond donors (Lipinski definition) is 2. The van der Waals surface area contributed by atoms with Crippen LogP contribution in [0.25, 0.3) is 5.52 Å². The average Bonchev–Trinajstić information content (AvgIpc) is 2.66. The van der Waals surface area contributed by atoms with Gasteiger partial charge in [0.15, 0.2) is 5.82 Å². The summed E-state index contributed by atoms with van der Waals surface area (Å²) in [5.41, 5.74) is 7.68. The Balaban J connectivity index is 1.99. The monoisotopic (exact) mass is 261 g/mol. The molecular formula is C13H21N6+. The lowest BCUT2D eigenvalue weighted by atomic mass is 10.3. The molecule has 0 aromatic carbocycles. The number of nitrogens with two attached hydrogens (primary N) is 1. The van der Waals surface area contributed by atoms with Crippen molar-refractivity contribution in [3.63, 3.8) is 0 Å². The molecule has 0 bridgehead atoms. The molecule has 3 N–H and O–H groups in total. The third kappa shape index (κ3) is 3.15. The molecular weight excluding hydrogens is 240 g/mol. The molecule has 0 atom stereocenters. The second-order valence-electron chi connectivity index (χ2n) is 4.78. The summed E-state index contributed by atoms with van der Waals surface area (Å²) in [7, 11) is 6.04. The summed E-state index contributed by atoms with van der Waals surface area (Å²) in [5, 5.41) is 7.68. The Labute approximate surface area is 113 Å². The van der Waals surface area contributed by atoms with Gasteiger partial charge in [0.25, 0.3) is 0 Å². The smallest absolute Gasteiger partial charge is 0.233 e. The Kier molecular flexibility index (Phi) is 3.89. The quantitative estimate of drug-likeness (QED) is 0.469. The number of likely N-dealkylation sites (N-methyl/N-ethyl adjacent to an activating group) is 1. The first-order chi connectivity index (χ1) is 9.08. The van der Waals surface area contributed by atoms with Crippen molar-refractivity contribution in [3.05, 3.63) is 24.4 Å². The van der Waals surface area contributed by atoms with E-state index in [1.165, 1.54) is 0 Å². The maximum absolute atomic E-state index is 6.06. The van der Waals surface area contributed by atoms with Gasteiger partial charge in [-0.3, -0.25) is 9.48 Å². The van der Waals surface area contributed by atoms with Crippen LogP contribution in [0.4, 0.5) is 11.5 Å². The molecule has 6 nitrogen and oxygen atoms in total. The fourth-order valence-electron chi connectivity index (χ4n) is 1.95. The number of pyridine rings is 1. The maximum Gasteiger partial charge on any atom is 0.233 e. The van der Waals surface area contributed by atoms with Crippen LogP contribution < -0.4 is 11.1 Å². The van der Waals surface area contributed by atoms with Crippen molar-refractivity contribution in [3.8, 4) is 0 Å². The lowest BCUT2D eigenvalue weighted by Crippen LogP contribution is -2.27. The highest BCUT2D eigenvalue weighted by Gasteiger charge is 2.08. The fraction of sp³-hybridized carbons (Fsp3) is 0.385. The van der Waals surface area contributed by atoms with E-state index in [4.69, 9.17) is 5.73 Å². The van der Waals surface area contributed by atoms with Crippen molar-refractivity contribution < 1.29 is 4.58 Å². The molecule has 0 saturated carbocycles.